The highest BCUT2D eigenvalue weighted by Crippen LogP contribution is 2.34. The molecule has 0 N–H and O–H groups in total. The van der Waals surface area contributed by atoms with Gasteiger partial charge in [-0.2, -0.15) is 0 Å². The van der Waals surface area contributed by atoms with Crippen LogP contribution in [0.15, 0.2) is 48.7 Å². The van der Waals surface area contributed by atoms with E-state index in [9.17, 15) is 4.79 Å². The van der Waals surface area contributed by atoms with Gasteiger partial charge in [-0.15, -0.1) is 0 Å². The number of hydrogen-bond acceptors (Lipinski definition) is 4. The molecule has 2 saturated heterocycles. The molecule has 4 heterocycles. The maximum absolute atomic E-state index is 13.1. The van der Waals surface area contributed by atoms with Crippen molar-refractivity contribution in [2.45, 2.75) is 69.7 Å². The molecule has 2 aliphatic heterocycles. The lowest BCUT2D eigenvalue weighted by Gasteiger charge is -2.41. The minimum atomic E-state index is -0.0873. The Morgan fingerprint density at radius 1 is 0.971 bits per heavy atom. The zero-order chi connectivity index (χ0) is 23.1. The van der Waals surface area contributed by atoms with Crippen molar-refractivity contribution in [3.05, 3.63) is 59.4 Å². The lowest BCUT2D eigenvalue weighted by atomic mass is 9.98. The molecule has 0 radical (unpaired) electrons. The highest BCUT2D eigenvalue weighted by Gasteiger charge is 2.44. The Kier molecular flexibility index (Phi) is 5.95. The first-order valence-electron chi connectivity index (χ1n) is 12.6. The van der Waals surface area contributed by atoms with Crippen molar-refractivity contribution in [3.63, 3.8) is 0 Å². The summed E-state index contributed by atoms with van der Waals surface area (Å²) >= 11 is 6.14. The average molecular weight is 479 g/mol. The van der Waals surface area contributed by atoms with Crippen molar-refractivity contribution < 1.29 is 9.53 Å². The second-order valence-electron chi connectivity index (χ2n) is 9.97. The predicted molar refractivity (Wildman–Crippen MR) is 133 cm³/mol. The fraction of sp³-hybridized carbons (Fsp3) is 0.481. The number of pyridine rings is 1. The van der Waals surface area contributed by atoms with Gasteiger partial charge in [0.15, 0.2) is 0 Å². The molecule has 6 rings (SSSR count). The van der Waals surface area contributed by atoms with E-state index < -0.39 is 0 Å². The fourth-order valence-electron chi connectivity index (χ4n) is 6.05. The second-order valence-corrected chi connectivity index (χ2v) is 10.4. The van der Waals surface area contributed by atoms with Crippen LogP contribution >= 0.6 is 11.6 Å². The summed E-state index contributed by atoms with van der Waals surface area (Å²) in [5.74, 6) is 0. The number of benzene rings is 1. The number of imidazole rings is 1. The van der Waals surface area contributed by atoms with Crippen LogP contribution in [0.5, 0.6) is 0 Å². The van der Waals surface area contributed by atoms with Gasteiger partial charge < -0.3 is 9.14 Å². The van der Waals surface area contributed by atoms with Crippen molar-refractivity contribution in [1.29, 1.82) is 0 Å². The van der Waals surface area contributed by atoms with E-state index >= 15 is 0 Å². The Morgan fingerprint density at radius 2 is 1.71 bits per heavy atom. The molecule has 2 unspecified atom stereocenters. The second kappa shape index (κ2) is 9.23. The number of amides is 1. The third-order valence-corrected chi connectivity index (χ3v) is 7.96. The van der Waals surface area contributed by atoms with Gasteiger partial charge in [-0.05, 0) is 62.8 Å². The number of carbonyl (C=O) groups excluding carboxylic acids is 1. The standard InChI is InChI=1S/C27H31ClN4O2/c28-20-11-9-19(10-12-20)26-24(31-15-5-4-8-25(31)29-26)18-30-16-21-13-14-22(17-30)32(21)27(33)34-23-6-2-1-3-7-23/h4-5,8-12,15,21-23H,1-3,6-7,13-14,16-18H2. The van der Waals surface area contributed by atoms with Crippen LogP contribution in [0.1, 0.15) is 50.6 Å². The van der Waals surface area contributed by atoms with Gasteiger partial charge in [0.1, 0.15) is 11.8 Å². The molecule has 1 saturated carbocycles. The maximum atomic E-state index is 13.1. The number of nitrogens with zero attached hydrogens (tertiary/aromatic N) is 4. The lowest BCUT2D eigenvalue weighted by Crippen LogP contribution is -2.56. The summed E-state index contributed by atoms with van der Waals surface area (Å²) in [6, 6.07) is 14.5. The Bertz CT molecular complexity index is 1160. The molecule has 2 bridgehead atoms. The number of carbonyl (C=O) groups is 1. The molecule has 7 heteroatoms. The summed E-state index contributed by atoms with van der Waals surface area (Å²) in [5.41, 5.74) is 4.19. The van der Waals surface area contributed by atoms with E-state index in [0.29, 0.717) is 0 Å². The summed E-state index contributed by atoms with van der Waals surface area (Å²) in [4.78, 5) is 22.5. The number of rotatable bonds is 4. The average Bonchev–Trinajstić information content (AvgIpc) is 3.35. The molecule has 34 heavy (non-hydrogen) atoms. The van der Waals surface area contributed by atoms with Crippen LogP contribution in [-0.2, 0) is 11.3 Å². The highest BCUT2D eigenvalue weighted by molar-refractivity contribution is 6.30. The van der Waals surface area contributed by atoms with E-state index in [4.69, 9.17) is 21.3 Å². The zero-order valence-electron chi connectivity index (χ0n) is 19.4. The predicted octanol–water partition coefficient (Wildman–Crippen LogP) is 5.77. The number of fused-ring (bicyclic) bond motifs is 3. The van der Waals surface area contributed by atoms with Crippen molar-refractivity contribution in [2.24, 2.45) is 0 Å². The van der Waals surface area contributed by atoms with Crippen LogP contribution < -0.4 is 0 Å². The molecule has 2 atom stereocenters. The third-order valence-electron chi connectivity index (χ3n) is 7.71. The van der Waals surface area contributed by atoms with Crippen molar-refractivity contribution in [2.75, 3.05) is 13.1 Å². The number of ether oxygens (including phenoxy) is 1. The van der Waals surface area contributed by atoms with Crippen molar-refractivity contribution >= 4 is 23.3 Å². The van der Waals surface area contributed by atoms with Gasteiger partial charge in [-0.3, -0.25) is 9.80 Å². The van der Waals surface area contributed by atoms with Gasteiger partial charge in [-0.1, -0.05) is 36.2 Å². The molecule has 2 aromatic heterocycles. The summed E-state index contributed by atoms with van der Waals surface area (Å²) < 4.78 is 8.13. The van der Waals surface area contributed by atoms with Gasteiger partial charge in [0.25, 0.3) is 0 Å². The number of halogens is 1. The molecule has 3 fully saturated rings. The maximum Gasteiger partial charge on any atom is 0.410 e. The third kappa shape index (κ3) is 4.18. The van der Waals surface area contributed by atoms with Crippen LogP contribution in [0.2, 0.25) is 5.02 Å². The van der Waals surface area contributed by atoms with E-state index in [1.807, 2.05) is 42.5 Å². The smallest absolute Gasteiger partial charge is 0.410 e. The van der Waals surface area contributed by atoms with Crippen LogP contribution in [0.4, 0.5) is 4.79 Å². The normalized spacial score (nSPS) is 23.5. The number of likely N-dealkylation sites (tertiary alicyclic amines) is 1. The van der Waals surface area contributed by atoms with Crippen molar-refractivity contribution in [3.8, 4) is 11.3 Å². The molecule has 1 aliphatic carbocycles. The van der Waals surface area contributed by atoms with Crippen LogP contribution in [0.3, 0.4) is 0 Å². The summed E-state index contributed by atoms with van der Waals surface area (Å²) in [5, 5.41) is 0.724. The van der Waals surface area contributed by atoms with Crippen molar-refractivity contribution in [1.82, 2.24) is 19.2 Å². The first-order chi connectivity index (χ1) is 16.7. The quantitative estimate of drug-likeness (QED) is 0.477. The molecule has 0 spiro atoms. The Morgan fingerprint density at radius 3 is 2.44 bits per heavy atom. The Labute approximate surface area is 205 Å². The first-order valence-corrected chi connectivity index (χ1v) is 13.0. The van der Waals surface area contributed by atoms with Gasteiger partial charge in [0.2, 0.25) is 0 Å². The van der Waals surface area contributed by atoms with Gasteiger partial charge in [0.05, 0.1) is 11.4 Å². The lowest BCUT2D eigenvalue weighted by molar-refractivity contribution is 0.00920. The number of piperazine rings is 1. The SMILES string of the molecule is O=C(OC1CCCCC1)N1C2CCC1CN(Cc1c(-c3ccc(Cl)cc3)nc3ccccn13)C2. The molecular formula is C27H31ClN4O2. The molecular weight excluding hydrogens is 448 g/mol. The Hall–Kier alpha value is -2.57. The molecule has 3 aliphatic rings. The van der Waals surface area contributed by atoms with Crippen LogP contribution in [0, 0.1) is 0 Å². The largest absolute Gasteiger partial charge is 0.446 e. The van der Waals surface area contributed by atoms with E-state index in [1.165, 1.54) is 25.0 Å². The van der Waals surface area contributed by atoms with E-state index in [0.717, 1.165) is 67.2 Å². The number of aromatic nitrogens is 2. The topological polar surface area (TPSA) is 50.1 Å². The van der Waals surface area contributed by atoms with Crippen LogP contribution in [0.25, 0.3) is 16.9 Å². The summed E-state index contributed by atoms with van der Waals surface area (Å²) in [6.45, 7) is 2.54. The van der Waals surface area contributed by atoms with Gasteiger partial charge in [0, 0.05) is 48.5 Å². The van der Waals surface area contributed by atoms with E-state index in [1.54, 1.807) is 0 Å². The molecule has 1 amide bonds. The highest BCUT2D eigenvalue weighted by atomic mass is 35.5. The van der Waals surface area contributed by atoms with Crippen LogP contribution in [-0.4, -0.2) is 56.6 Å². The fourth-order valence-corrected chi connectivity index (χ4v) is 6.18. The summed E-state index contributed by atoms with van der Waals surface area (Å²) in [7, 11) is 0. The van der Waals surface area contributed by atoms with Gasteiger partial charge >= 0.3 is 6.09 Å². The molecule has 1 aromatic carbocycles. The minimum absolute atomic E-state index is 0.0873. The number of hydrogen-bond donors (Lipinski definition) is 0. The first kappa shape index (κ1) is 21.9. The molecule has 3 aromatic rings. The molecule has 6 nitrogen and oxygen atoms in total. The van der Waals surface area contributed by atoms with Gasteiger partial charge in [-0.25, -0.2) is 9.78 Å². The van der Waals surface area contributed by atoms with E-state index in [2.05, 4.69) is 20.4 Å². The molecule has 178 valence electrons. The Balaban J connectivity index is 1.21. The minimum Gasteiger partial charge on any atom is -0.446 e. The summed E-state index contributed by atoms with van der Waals surface area (Å²) in [6.07, 6.45) is 9.86. The zero-order valence-corrected chi connectivity index (χ0v) is 20.2. The van der Waals surface area contributed by atoms with E-state index in [-0.39, 0.29) is 24.3 Å². The monoisotopic (exact) mass is 478 g/mol.